The maximum absolute atomic E-state index is 13.0. The lowest BCUT2D eigenvalue weighted by Gasteiger charge is -2.29. The van der Waals surface area contributed by atoms with Crippen LogP contribution >= 0.6 is 0 Å². The van der Waals surface area contributed by atoms with E-state index in [9.17, 15) is 4.79 Å². The second kappa shape index (κ2) is 8.40. The minimum atomic E-state index is -0.0563. The van der Waals surface area contributed by atoms with Crippen LogP contribution in [0.25, 0.3) is 0 Å². The number of rotatable bonds is 8. The maximum Gasteiger partial charge on any atom is 0.317 e. The molecule has 1 aromatic carbocycles. The van der Waals surface area contributed by atoms with Crippen LogP contribution in [0.5, 0.6) is 0 Å². The summed E-state index contributed by atoms with van der Waals surface area (Å²) in [4.78, 5) is 17.1. The lowest BCUT2D eigenvalue weighted by Crippen LogP contribution is -2.50. The maximum atomic E-state index is 13.0. The summed E-state index contributed by atoms with van der Waals surface area (Å²) in [5.74, 6) is 0. The monoisotopic (exact) mass is 359 g/mol. The molecule has 5 nitrogen and oxygen atoms in total. The van der Waals surface area contributed by atoms with Crippen molar-refractivity contribution in [1.82, 2.24) is 15.1 Å². The lowest BCUT2D eigenvalue weighted by molar-refractivity contribution is 0.0788. The number of hydrogen-bond acceptors (Lipinski definition) is 3. The zero-order chi connectivity index (χ0) is 18.6. The van der Waals surface area contributed by atoms with Crippen molar-refractivity contribution in [2.75, 3.05) is 40.3 Å². The number of amides is 2. The Morgan fingerprint density at radius 1 is 1.23 bits per heavy atom. The van der Waals surface area contributed by atoms with E-state index in [1.54, 1.807) is 0 Å². The van der Waals surface area contributed by atoms with Gasteiger partial charge in [0.05, 0.1) is 6.10 Å². The molecule has 1 aliphatic carbocycles. The third kappa shape index (κ3) is 5.45. The molecule has 1 saturated heterocycles. The highest BCUT2D eigenvalue weighted by Gasteiger charge is 2.44. The van der Waals surface area contributed by atoms with Crippen molar-refractivity contribution >= 4 is 6.03 Å². The van der Waals surface area contributed by atoms with E-state index >= 15 is 0 Å². The van der Waals surface area contributed by atoms with Crippen molar-refractivity contribution in [3.05, 3.63) is 35.4 Å². The van der Waals surface area contributed by atoms with Gasteiger partial charge in [0.15, 0.2) is 0 Å². The van der Waals surface area contributed by atoms with E-state index in [2.05, 4.69) is 41.4 Å². The Morgan fingerprint density at radius 2 is 1.96 bits per heavy atom. The third-order valence-electron chi connectivity index (χ3n) is 5.44. The Kier molecular flexibility index (Phi) is 6.20. The van der Waals surface area contributed by atoms with Crippen LogP contribution in [0.3, 0.4) is 0 Å². The van der Waals surface area contributed by atoms with Gasteiger partial charge in [-0.1, -0.05) is 29.8 Å². The summed E-state index contributed by atoms with van der Waals surface area (Å²) in [6, 6.07) is 8.71. The van der Waals surface area contributed by atoms with Crippen molar-refractivity contribution in [3.63, 3.8) is 0 Å². The molecule has 26 heavy (non-hydrogen) atoms. The van der Waals surface area contributed by atoms with Crippen molar-refractivity contribution in [2.24, 2.45) is 0 Å². The highest BCUT2D eigenvalue weighted by molar-refractivity contribution is 5.75. The Balaban J connectivity index is 1.59. The number of urea groups is 1. The molecule has 0 radical (unpaired) electrons. The minimum absolute atomic E-state index is 0.0563. The summed E-state index contributed by atoms with van der Waals surface area (Å²) < 4.78 is 5.76. The highest BCUT2D eigenvalue weighted by atomic mass is 16.5. The molecule has 1 heterocycles. The van der Waals surface area contributed by atoms with Crippen LogP contribution in [0, 0.1) is 6.92 Å². The van der Waals surface area contributed by atoms with Crippen LogP contribution in [0.2, 0.25) is 0 Å². The molecule has 2 aliphatic rings. The van der Waals surface area contributed by atoms with E-state index in [1.807, 2.05) is 19.0 Å². The van der Waals surface area contributed by atoms with Gasteiger partial charge in [0, 0.05) is 31.8 Å². The molecule has 3 rings (SSSR count). The van der Waals surface area contributed by atoms with E-state index in [0.717, 1.165) is 51.8 Å². The summed E-state index contributed by atoms with van der Waals surface area (Å²) in [7, 11) is 4.09. The molecule has 1 aromatic rings. The molecule has 1 atom stereocenters. The largest absolute Gasteiger partial charge is 0.376 e. The summed E-state index contributed by atoms with van der Waals surface area (Å²) >= 11 is 0. The number of hydrogen-bond donors (Lipinski definition) is 1. The number of carbonyl (C=O) groups excluding carboxylic acids is 1. The first kappa shape index (κ1) is 19.2. The van der Waals surface area contributed by atoms with Crippen LogP contribution in [0.1, 0.15) is 36.8 Å². The molecule has 1 aliphatic heterocycles. The number of aryl methyl sites for hydroxylation is 1. The molecule has 0 spiro atoms. The summed E-state index contributed by atoms with van der Waals surface area (Å²) in [5, 5.41) is 3.34. The Morgan fingerprint density at radius 3 is 2.54 bits per heavy atom. The number of ether oxygens (including phenoxy) is 1. The number of nitrogens with one attached hydrogen (secondary N) is 1. The first-order valence-electron chi connectivity index (χ1n) is 9.85. The van der Waals surface area contributed by atoms with Crippen molar-refractivity contribution in [2.45, 2.75) is 50.7 Å². The van der Waals surface area contributed by atoms with Gasteiger partial charge in [-0.15, -0.1) is 0 Å². The van der Waals surface area contributed by atoms with Crippen LogP contribution in [0.4, 0.5) is 4.79 Å². The Hall–Kier alpha value is -1.59. The van der Waals surface area contributed by atoms with Gasteiger partial charge in [-0.05, 0) is 58.7 Å². The van der Waals surface area contributed by atoms with Gasteiger partial charge in [0.25, 0.3) is 0 Å². The molecule has 0 unspecified atom stereocenters. The first-order chi connectivity index (χ1) is 12.5. The van der Waals surface area contributed by atoms with Crippen LogP contribution < -0.4 is 5.32 Å². The van der Waals surface area contributed by atoms with Crippen molar-refractivity contribution in [1.29, 1.82) is 0 Å². The summed E-state index contributed by atoms with van der Waals surface area (Å²) in [6.07, 6.45) is 5.39. The van der Waals surface area contributed by atoms with Gasteiger partial charge >= 0.3 is 6.03 Å². The molecule has 2 fully saturated rings. The smallest absolute Gasteiger partial charge is 0.317 e. The van der Waals surface area contributed by atoms with Crippen LogP contribution in [0.15, 0.2) is 24.3 Å². The fourth-order valence-corrected chi connectivity index (χ4v) is 3.53. The van der Waals surface area contributed by atoms with Gasteiger partial charge in [0.1, 0.15) is 0 Å². The SMILES string of the molecule is Cc1ccc(CC2(NC(=O)N(CCN(C)C)C[C@@H]3CCCO3)CC2)cc1. The van der Waals surface area contributed by atoms with Gasteiger partial charge < -0.3 is 19.9 Å². The molecule has 0 bridgehead atoms. The van der Waals surface area contributed by atoms with Gasteiger partial charge in [-0.3, -0.25) is 0 Å². The Labute approximate surface area is 157 Å². The average Bonchev–Trinajstić information content (AvgIpc) is 3.14. The van der Waals surface area contributed by atoms with Gasteiger partial charge in [0.2, 0.25) is 0 Å². The van der Waals surface area contributed by atoms with E-state index < -0.39 is 0 Å². The predicted molar refractivity (Wildman–Crippen MR) is 104 cm³/mol. The van der Waals surface area contributed by atoms with E-state index in [1.165, 1.54) is 11.1 Å². The number of carbonyl (C=O) groups is 1. The molecule has 144 valence electrons. The number of benzene rings is 1. The van der Waals surface area contributed by atoms with Gasteiger partial charge in [-0.25, -0.2) is 4.79 Å². The van der Waals surface area contributed by atoms with Crippen LogP contribution in [-0.4, -0.2) is 67.8 Å². The summed E-state index contributed by atoms with van der Waals surface area (Å²) in [6.45, 7) is 5.22. The van der Waals surface area contributed by atoms with Crippen molar-refractivity contribution in [3.8, 4) is 0 Å². The lowest BCUT2D eigenvalue weighted by atomic mass is 10.0. The standard InChI is InChI=1S/C21H33N3O2/c1-17-6-8-18(9-7-17)15-21(10-11-21)22-20(25)24(13-12-23(2)3)16-19-5-4-14-26-19/h6-9,19H,4-5,10-16H2,1-3H3,(H,22,25)/t19-/m0/s1. The zero-order valence-electron chi connectivity index (χ0n) is 16.5. The molecule has 1 N–H and O–H groups in total. The summed E-state index contributed by atoms with van der Waals surface area (Å²) in [5.41, 5.74) is 2.51. The molecule has 5 heteroatoms. The third-order valence-corrected chi connectivity index (χ3v) is 5.44. The zero-order valence-corrected chi connectivity index (χ0v) is 16.5. The fraction of sp³-hybridized carbons (Fsp3) is 0.667. The molecule has 1 saturated carbocycles. The van der Waals surface area contributed by atoms with Crippen molar-refractivity contribution < 1.29 is 9.53 Å². The van der Waals surface area contributed by atoms with E-state index in [-0.39, 0.29) is 17.7 Å². The van der Waals surface area contributed by atoms with Crippen LogP contribution in [-0.2, 0) is 11.2 Å². The Bertz CT molecular complexity index is 590. The second-order valence-corrected chi connectivity index (χ2v) is 8.26. The molecular weight excluding hydrogens is 326 g/mol. The second-order valence-electron chi connectivity index (χ2n) is 8.26. The topological polar surface area (TPSA) is 44.8 Å². The van der Waals surface area contributed by atoms with E-state index in [0.29, 0.717) is 6.54 Å². The minimum Gasteiger partial charge on any atom is -0.376 e. The average molecular weight is 360 g/mol. The normalized spacial score (nSPS) is 21.0. The molecule has 2 amide bonds. The quantitative estimate of drug-likeness (QED) is 0.776. The predicted octanol–water partition coefficient (Wildman–Crippen LogP) is 2.82. The number of nitrogens with zero attached hydrogens (tertiary/aromatic N) is 2. The molecular formula is C21H33N3O2. The highest BCUT2D eigenvalue weighted by Crippen LogP contribution is 2.39. The molecule has 0 aromatic heterocycles. The fourth-order valence-electron chi connectivity index (χ4n) is 3.53. The van der Waals surface area contributed by atoms with Gasteiger partial charge in [-0.2, -0.15) is 0 Å². The first-order valence-corrected chi connectivity index (χ1v) is 9.85. The van der Waals surface area contributed by atoms with E-state index in [4.69, 9.17) is 4.74 Å². The number of likely N-dealkylation sites (N-methyl/N-ethyl adjacent to an activating group) is 1.